The molecule has 14 nitrogen and oxygen atoms in total. The van der Waals surface area contributed by atoms with Gasteiger partial charge in [-0.1, -0.05) is 11.2 Å². The van der Waals surface area contributed by atoms with Crippen LogP contribution in [0.25, 0.3) is 10.4 Å². The van der Waals surface area contributed by atoms with E-state index in [1.165, 1.54) is 0 Å². The first-order valence-electron chi connectivity index (χ1n) is 6.45. The molecule has 1 unspecified atom stereocenters. The maximum atomic E-state index is 12.1. The molecule has 1 aromatic rings. The van der Waals surface area contributed by atoms with E-state index >= 15 is 0 Å². The molecule has 0 aromatic heterocycles. The quantitative estimate of drug-likeness (QED) is 0.0811. The summed E-state index contributed by atoms with van der Waals surface area (Å²) in [6, 6.07) is 2.65. The van der Waals surface area contributed by atoms with Crippen LogP contribution >= 0.6 is 0 Å². The predicted octanol–water partition coefficient (Wildman–Crippen LogP) is -2.26. The normalized spacial score (nSPS) is 16.3. The summed E-state index contributed by atoms with van der Waals surface area (Å²) in [5.74, 6) is -4.26. The molecule has 2 rings (SSSR count). The molecule has 16 heteroatoms. The summed E-state index contributed by atoms with van der Waals surface area (Å²) in [6.07, 6.45) is -0.955. The van der Waals surface area contributed by atoms with Crippen molar-refractivity contribution >= 4 is 39.3 Å². The molecule has 1 aliphatic heterocycles. The summed E-state index contributed by atoms with van der Waals surface area (Å²) in [4.78, 5) is 52.4. The Morgan fingerprint density at radius 2 is 2.11 bits per heavy atom. The first-order valence-corrected chi connectivity index (χ1v) is 7.95. The average Bonchev–Trinajstić information content (AvgIpc) is 2.83. The van der Waals surface area contributed by atoms with Crippen molar-refractivity contribution in [3.8, 4) is 0 Å². The molecular weight excluding hydrogens is 401 g/mol. The Kier molecular flexibility index (Phi) is 7.02. The zero-order valence-corrected chi connectivity index (χ0v) is 16.2. The number of rotatable bonds is 5. The van der Waals surface area contributed by atoms with Crippen LogP contribution in [-0.4, -0.2) is 46.0 Å². The Morgan fingerprint density at radius 3 is 2.59 bits per heavy atom. The van der Waals surface area contributed by atoms with Gasteiger partial charge in [-0.3, -0.25) is 24.3 Å². The molecule has 1 aliphatic rings. The Morgan fingerprint density at radius 1 is 1.48 bits per heavy atom. The number of nitrogens with zero attached hydrogens (tertiary/aromatic N) is 5. The van der Waals surface area contributed by atoms with Gasteiger partial charge in [0.05, 0.1) is 11.3 Å². The van der Waals surface area contributed by atoms with Crippen LogP contribution in [0.4, 0.5) is 11.4 Å². The van der Waals surface area contributed by atoms with Gasteiger partial charge in [0.2, 0.25) is 0 Å². The first-order chi connectivity index (χ1) is 12.1. The maximum absolute atomic E-state index is 12.1. The second-order valence-corrected chi connectivity index (χ2v) is 6.36. The summed E-state index contributed by atoms with van der Waals surface area (Å²) >= 11 is 0. The van der Waals surface area contributed by atoms with E-state index in [-0.39, 0.29) is 41.7 Å². The van der Waals surface area contributed by atoms with Gasteiger partial charge in [-0.15, -0.1) is 5.06 Å². The van der Waals surface area contributed by atoms with Gasteiger partial charge in [0.1, 0.15) is 5.56 Å². The van der Waals surface area contributed by atoms with E-state index in [0.29, 0.717) is 0 Å². The molecule has 0 aliphatic carbocycles. The Balaban J connectivity index is 0.00000364. The van der Waals surface area contributed by atoms with E-state index in [0.717, 1.165) is 18.2 Å². The van der Waals surface area contributed by atoms with Crippen LogP contribution in [0.5, 0.6) is 0 Å². The molecule has 2 amide bonds. The van der Waals surface area contributed by atoms with Gasteiger partial charge in [0.25, 0.3) is 27.6 Å². The summed E-state index contributed by atoms with van der Waals surface area (Å²) in [6.45, 7) is 0. The van der Waals surface area contributed by atoms with Crippen LogP contribution in [0.15, 0.2) is 23.3 Å². The SMILES string of the molecule is [H-].[N-]=[N+]=Nc1ccc(C(=O)ON2C(=O)CC(S(=O)(=O)O)C2=O)c([N+](=O)[O-])c1.[Na+]. The van der Waals surface area contributed by atoms with Gasteiger partial charge in [0.15, 0.2) is 5.25 Å². The summed E-state index contributed by atoms with van der Waals surface area (Å²) in [5, 5.41) is 11.8. The summed E-state index contributed by atoms with van der Waals surface area (Å²) in [5.41, 5.74) is 6.59. The Hall–Kier alpha value is -2.55. The van der Waals surface area contributed by atoms with E-state index in [9.17, 15) is 32.9 Å². The van der Waals surface area contributed by atoms with Crippen molar-refractivity contribution in [2.75, 3.05) is 0 Å². The number of carbonyl (C=O) groups is 3. The van der Waals surface area contributed by atoms with Crippen molar-refractivity contribution < 1.29 is 68.1 Å². The molecule has 0 spiro atoms. The van der Waals surface area contributed by atoms with Gasteiger partial charge in [0, 0.05) is 16.7 Å². The van der Waals surface area contributed by atoms with Crippen LogP contribution in [-0.2, 0) is 24.5 Å². The minimum atomic E-state index is -4.91. The number of nitro benzene ring substituents is 1. The number of hydroxylamine groups is 2. The van der Waals surface area contributed by atoms with Crippen LogP contribution in [0.3, 0.4) is 0 Å². The van der Waals surface area contributed by atoms with Gasteiger partial charge in [-0.05, 0) is 11.6 Å². The molecule has 1 N–H and O–H groups in total. The molecule has 0 radical (unpaired) electrons. The molecule has 1 saturated heterocycles. The summed E-state index contributed by atoms with van der Waals surface area (Å²) < 4.78 is 30.9. The van der Waals surface area contributed by atoms with Crippen molar-refractivity contribution in [2.24, 2.45) is 5.11 Å². The number of carbonyl (C=O) groups excluding carboxylic acids is 3. The third kappa shape index (κ3) is 4.79. The topological polar surface area (TPSA) is 210 Å². The second kappa shape index (κ2) is 8.43. The van der Waals surface area contributed by atoms with Crippen molar-refractivity contribution in [1.29, 1.82) is 0 Å². The minimum Gasteiger partial charge on any atom is -1.00 e. The molecule has 1 fully saturated rings. The standard InChI is InChI=1S/C11H7N5O9S.Na.H/c12-14-13-5-1-2-6(7(3-5)16(20)21)11(19)25-15-9(17)4-8(10(15)18)26(22,23)24;;/h1-3,8H,4H2,(H,22,23,24);;/q;+1;-1. The zero-order valence-electron chi connectivity index (χ0n) is 14.4. The average molecular weight is 409 g/mol. The Bertz CT molecular complexity index is 994. The van der Waals surface area contributed by atoms with Crippen LogP contribution in [0.2, 0.25) is 0 Å². The monoisotopic (exact) mass is 409 g/mol. The number of hydrogen-bond acceptors (Lipinski definition) is 9. The van der Waals surface area contributed by atoms with E-state index in [1.54, 1.807) is 0 Å². The van der Waals surface area contributed by atoms with E-state index < -0.39 is 55.7 Å². The van der Waals surface area contributed by atoms with E-state index in [4.69, 9.17) is 10.1 Å². The number of hydrogen-bond donors (Lipinski definition) is 1. The second-order valence-electron chi connectivity index (χ2n) is 4.76. The Labute approximate surface area is 173 Å². The van der Waals surface area contributed by atoms with Gasteiger partial charge in [-0.25, -0.2) is 4.79 Å². The molecule has 1 aromatic carbocycles. The molecular formula is C11H8N5NaO9S. The van der Waals surface area contributed by atoms with E-state index in [2.05, 4.69) is 14.9 Å². The number of benzene rings is 1. The fourth-order valence-corrected chi connectivity index (χ4v) is 2.70. The number of azide groups is 1. The van der Waals surface area contributed by atoms with Crippen LogP contribution < -0.4 is 29.6 Å². The smallest absolute Gasteiger partial charge is 1.00 e. The van der Waals surface area contributed by atoms with Gasteiger partial charge >= 0.3 is 35.5 Å². The van der Waals surface area contributed by atoms with Gasteiger partial charge < -0.3 is 6.26 Å². The van der Waals surface area contributed by atoms with Crippen molar-refractivity contribution in [3.63, 3.8) is 0 Å². The van der Waals surface area contributed by atoms with E-state index in [1.807, 2.05) is 0 Å². The maximum Gasteiger partial charge on any atom is 1.00 e. The van der Waals surface area contributed by atoms with Crippen molar-refractivity contribution in [2.45, 2.75) is 11.7 Å². The minimum absolute atomic E-state index is 0. The molecule has 0 saturated carbocycles. The number of imide groups is 1. The van der Waals surface area contributed by atoms with Crippen LogP contribution in [0.1, 0.15) is 18.2 Å². The molecule has 0 bridgehead atoms. The van der Waals surface area contributed by atoms with Crippen LogP contribution in [0, 0.1) is 10.1 Å². The zero-order chi connectivity index (χ0) is 19.6. The number of amides is 2. The largest absolute Gasteiger partial charge is 1.00 e. The predicted molar refractivity (Wildman–Crippen MR) is 80.2 cm³/mol. The molecule has 1 heterocycles. The first kappa shape index (κ1) is 22.5. The third-order valence-electron chi connectivity index (χ3n) is 3.15. The van der Waals surface area contributed by atoms with Crippen molar-refractivity contribution in [3.05, 3.63) is 44.3 Å². The fourth-order valence-electron chi connectivity index (χ4n) is 2.00. The molecule has 27 heavy (non-hydrogen) atoms. The molecule has 138 valence electrons. The van der Waals surface area contributed by atoms with Gasteiger partial charge in [-0.2, -0.15) is 8.42 Å². The fraction of sp³-hybridized carbons (Fsp3) is 0.182. The third-order valence-corrected chi connectivity index (χ3v) is 4.24. The van der Waals surface area contributed by atoms with Crippen molar-refractivity contribution in [1.82, 2.24) is 5.06 Å². The number of nitro groups is 1. The summed E-state index contributed by atoms with van der Waals surface area (Å²) in [7, 11) is -4.91. The molecule has 1 atom stereocenters.